The van der Waals surface area contributed by atoms with Crippen molar-refractivity contribution >= 4 is 17.4 Å². The molecule has 4 nitrogen and oxygen atoms in total. The lowest BCUT2D eigenvalue weighted by molar-refractivity contribution is 0.414. The van der Waals surface area contributed by atoms with Crippen molar-refractivity contribution in [3.63, 3.8) is 0 Å². The first kappa shape index (κ1) is 14.9. The van der Waals surface area contributed by atoms with Gasteiger partial charge in [0, 0.05) is 22.7 Å². The molecule has 1 aromatic carbocycles. The molecule has 24 heavy (non-hydrogen) atoms. The van der Waals surface area contributed by atoms with Gasteiger partial charge in [-0.1, -0.05) is 17.8 Å². The van der Waals surface area contributed by atoms with Crippen LogP contribution in [0.5, 0.6) is 5.75 Å². The maximum atomic E-state index is 5.74. The van der Waals surface area contributed by atoms with Crippen LogP contribution in [0.3, 0.4) is 0 Å². The average Bonchev–Trinajstić information content (AvgIpc) is 3.18. The van der Waals surface area contributed by atoms with E-state index in [1.807, 2.05) is 55.6 Å². The number of ether oxygens (including phenoxy) is 1. The molecule has 0 unspecified atom stereocenters. The summed E-state index contributed by atoms with van der Waals surface area (Å²) < 4.78 is 13.0. The summed E-state index contributed by atoms with van der Waals surface area (Å²) in [5.74, 6) is 0.848. The number of hydrogen-bond acceptors (Lipinski definition) is 4. The molecule has 0 saturated carbocycles. The van der Waals surface area contributed by atoms with Crippen LogP contribution in [-0.4, -0.2) is 16.5 Å². The van der Waals surface area contributed by atoms with Gasteiger partial charge in [-0.05, 0) is 43.3 Å². The zero-order valence-corrected chi connectivity index (χ0v) is 14.2. The fourth-order valence-electron chi connectivity index (χ4n) is 2.72. The minimum Gasteiger partial charge on any atom is -0.497 e. The van der Waals surface area contributed by atoms with Gasteiger partial charge < -0.3 is 9.15 Å². The highest BCUT2D eigenvalue weighted by atomic mass is 32.2. The van der Waals surface area contributed by atoms with E-state index in [1.54, 1.807) is 25.1 Å². The Kier molecular flexibility index (Phi) is 3.78. The number of benzene rings is 1. The van der Waals surface area contributed by atoms with E-state index in [1.165, 1.54) is 0 Å². The van der Waals surface area contributed by atoms with Gasteiger partial charge >= 0.3 is 0 Å². The zero-order chi connectivity index (χ0) is 16.5. The van der Waals surface area contributed by atoms with E-state index >= 15 is 0 Å². The van der Waals surface area contributed by atoms with Gasteiger partial charge in [0.05, 0.1) is 18.5 Å². The highest BCUT2D eigenvalue weighted by molar-refractivity contribution is 7.99. The van der Waals surface area contributed by atoms with E-state index in [-0.39, 0.29) is 0 Å². The molecule has 0 aliphatic carbocycles. The Hall–Kier alpha value is -2.66. The van der Waals surface area contributed by atoms with Gasteiger partial charge in [0.15, 0.2) is 5.09 Å². The number of fused-ring (bicyclic) bond motifs is 1. The van der Waals surface area contributed by atoms with Crippen LogP contribution >= 0.6 is 11.8 Å². The number of aromatic nitrogens is 2. The molecule has 120 valence electrons. The van der Waals surface area contributed by atoms with Crippen molar-refractivity contribution < 1.29 is 9.15 Å². The molecular formula is C19H16N2O2S. The normalized spacial score (nSPS) is 11.1. The van der Waals surface area contributed by atoms with Crippen LogP contribution in [-0.2, 0) is 0 Å². The van der Waals surface area contributed by atoms with Gasteiger partial charge in [-0.15, -0.1) is 0 Å². The van der Waals surface area contributed by atoms with Crippen molar-refractivity contribution in [3.8, 4) is 17.0 Å². The molecule has 0 bridgehead atoms. The lowest BCUT2D eigenvalue weighted by Gasteiger charge is -2.01. The van der Waals surface area contributed by atoms with E-state index in [0.29, 0.717) is 0 Å². The summed E-state index contributed by atoms with van der Waals surface area (Å²) in [6.45, 7) is 2.02. The predicted octanol–water partition coefficient (Wildman–Crippen LogP) is 5.06. The van der Waals surface area contributed by atoms with Gasteiger partial charge in [0.1, 0.15) is 17.7 Å². The second-order valence-electron chi connectivity index (χ2n) is 5.41. The highest BCUT2D eigenvalue weighted by Gasteiger charge is 2.14. The van der Waals surface area contributed by atoms with E-state index < -0.39 is 0 Å². The van der Waals surface area contributed by atoms with Crippen LogP contribution in [0.2, 0.25) is 0 Å². The van der Waals surface area contributed by atoms with E-state index in [9.17, 15) is 0 Å². The first-order valence-corrected chi connectivity index (χ1v) is 8.41. The third-order valence-corrected chi connectivity index (χ3v) is 4.75. The SMILES string of the molecule is COc1ccc(Sc2cc(-c3c(C)nc4ccccn34)co2)cc1. The number of imidazole rings is 1. The lowest BCUT2D eigenvalue weighted by Crippen LogP contribution is -1.86. The number of hydrogen-bond donors (Lipinski definition) is 0. The highest BCUT2D eigenvalue weighted by Crippen LogP contribution is 2.34. The van der Waals surface area contributed by atoms with Crippen LogP contribution in [0.1, 0.15) is 5.69 Å². The molecule has 0 atom stereocenters. The Labute approximate surface area is 144 Å². The van der Waals surface area contributed by atoms with Crippen LogP contribution in [0.15, 0.2) is 75.4 Å². The summed E-state index contributed by atoms with van der Waals surface area (Å²) in [4.78, 5) is 5.71. The molecule has 0 spiro atoms. The standard InChI is InChI=1S/C19H16N2O2S/c1-13-19(21-10-4-3-5-17(21)20-13)14-11-18(23-12-14)24-16-8-6-15(22-2)7-9-16/h3-12H,1-2H3. The maximum absolute atomic E-state index is 5.74. The van der Waals surface area contributed by atoms with E-state index in [2.05, 4.69) is 15.5 Å². The molecule has 3 heterocycles. The molecule has 3 aromatic heterocycles. The second kappa shape index (κ2) is 6.09. The Bertz CT molecular complexity index is 986. The number of methoxy groups -OCH3 is 1. The van der Waals surface area contributed by atoms with Crippen molar-refractivity contribution in [1.29, 1.82) is 0 Å². The molecule has 4 aromatic rings. The van der Waals surface area contributed by atoms with Gasteiger partial charge in [-0.25, -0.2) is 4.98 Å². The third kappa shape index (κ3) is 2.67. The number of rotatable bonds is 4. The number of furan rings is 1. The predicted molar refractivity (Wildman–Crippen MR) is 94.7 cm³/mol. The van der Waals surface area contributed by atoms with E-state index in [0.717, 1.165) is 38.3 Å². The van der Waals surface area contributed by atoms with Gasteiger partial charge in [0.2, 0.25) is 0 Å². The van der Waals surface area contributed by atoms with Crippen LogP contribution in [0.25, 0.3) is 16.9 Å². The van der Waals surface area contributed by atoms with Crippen molar-refractivity contribution in [1.82, 2.24) is 9.38 Å². The summed E-state index contributed by atoms with van der Waals surface area (Å²) in [5.41, 5.74) is 4.02. The second-order valence-corrected chi connectivity index (χ2v) is 6.48. The fourth-order valence-corrected chi connectivity index (χ4v) is 3.50. The smallest absolute Gasteiger partial charge is 0.165 e. The Morgan fingerprint density at radius 1 is 1.12 bits per heavy atom. The molecule has 0 saturated heterocycles. The molecule has 0 N–H and O–H groups in total. The van der Waals surface area contributed by atoms with Gasteiger partial charge in [-0.2, -0.15) is 0 Å². The largest absolute Gasteiger partial charge is 0.497 e. The zero-order valence-electron chi connectivity index (χ0n) is 13.4. The summed E-state index contributed by atoms with van der Waals surface area (Å²) in [5, 5.41) is 0.848. The van der Waals surface area contributed by atoms with Crippen molar-refractivity contribution in [2.75, 3.05) is 7.11 Å². The third-order valence-electron chi connectivity index (χ3n) is 3.83. The fraction of sp³-hybridized carbons (Fsp3) is 0.105. The lowest BCUT2D eigenvalue weighted by atomic mass is 10.2. The monoisotopic (exact) mass is 336 g/mol. The molecular weight excluding hydrogens is 320 g/mol. The maximum Gasteiger partial charge on any atom is 0.165 e. The van der Waals surface area contributed by atoms with Crippen LogP contribution in [0.4, 0.5) is 0 Å². The molecule has 4 rings (SSSR count). The average molecular weight is 336 g/mol. The van der Waals surface area contributed by atoms with E-state index in [4.69, 9.17) is 9.15 Å². The van der Waals surface area contributed by atoms with Gasteiger partial charge in [-0.3, -0.25) is 4.40 Å². The quantitative estimate of drug-likeness (QED) is 0.522. The molecule has 0 aliphatic heterocycles. The number of nitrogens with zero attached hydrogens (tertiary/aromatic N) is 2. The molecule has 0 radical (unpaired) electrons. The first-order chi connectivity index (χ1) is 11.7. The summed E-state index contributed by atoms with van der Waals surface area (Å²) >= 11 is 1.58. The summed E-state index contributed by atoms with van der Waals surface area (Å²) in [6, 6.07) is 16.0. The molecule has 5 heteroatoms. The summed E-state index contributed by atoms with van der Waals surface area (Å²) in [7, 11) is 1.67. The van der Waals surface area contributed by atoms with Gasteiger partial charge in [0.25, 0.3) is 0 Å². The molecule has 0 amide bonds. The van der Waals surface area contributed by atoms with Crippen LogP contribution < -0.4 is 4.74 Å². The summed E-state index contributed by atoms with van der Waals surface area (Å²) in [6.07, 6.45) is 3.81. The minimum atomic E-state index is 0.848. The first-order valence-electron chi connectivity index (χ1n) is 7.59. The minimum absolute atomic E-state index is 0.848. The van der Waals surface area contributed by atoms with Crippen LogP contribution in [0, 0.1) is 6.92 Å². The Morgan fingerprint density at radius 3 is 2.75 bits per heavy atom. The topological polar surface area (TPSA) is 39.7 Å². The number of aryl methyl sites for hydroxylation is 1. The van der Waals surface area contributed by atoms with Crippen molar-refractivity contribution in [2.45, 2.75) is 16.9 Å². The molecule has 0 aliphatic rings. The van der Waals surface area contributed by atoms with Crippen molar-refractivity contribution in [2.24, 2.45) is 0 Å². The Balaban J connectivity index is 1.65. The van der Waals surface area contributed by atoms with Crippen molar-refractivity contribution in [3.05, 3.63) is 66.7 Å². The number of pyridine rings is 1. The molecule has 0 fully saturated rings. The Morgan fingerprint density at radius 2 is 1.96 bits per heavy atom.